The lowest BCUT2D eigenvalue weighted by molar-refractivity contribution is 0.306. The maximum atomic E-state index is 7.46. The molecular formula is C18H22N2O. The van der Waals surface area contributed by atoms with Crippen molar-refractivity contribution in [2.24, 2.45) is 5.73 Å². The summed E-state index contributed by atoms with van der Waals surface area (Å²) in [6, 6.07) is 13.8. The molecule has 0 fully saturated rings. The number of benzene rings is 2. The SMILES string of the molecule is Cc1cc(OCc2cccc(C(=N)N)c2)ccc1C(C)C. The Labute approximate surface area is 126 Å². The molecule has 0 bridgehead atoms. The van der Waals surface area contributed by atoms with Gasteiger partial charge in [-0.2, -0.15) is 0 Å². The van der Waals surface area contributed by atoms with Crippen LogP contribution < -0.4 is 10.5 Å². The second kappa shape index (κ2) is 6.44. The van der Waals surface area contributed by atoms with Gasteiger partial charge in [0, 0.05) is 5.56 Å². The van der Waals surface area contributed by atoms with Crippen LogP contribution in [0, 0.1) is 12.3 Å². The van der Waals surface area contributed by atoms with Crippen molar-refractivity contribution >= 4 is 5.84 Å². The first-order valence-electron chi connectivity index (χ1n) is 7.14. The van der Waals surface area contributed by atoms with Gasteiger partial charge < -0.3 is 10.5 Å². The molecule has 2 rings (SSSR count). The lowest BCUT2D eigenvalue weighted by Crippen LogP contribution is -2.11. The van der Waals surface area contributed by atoms with Crippen LogP contribution in [0.4, 0.5) is 0 Å². The summed E-state index contributed by atoms with van der Waals surface area (Å²) >= 11 is 0. The number of nitrogens with two attached hydrogens (primary N) is 1. The second-order valence-corrected chi connectivity index (χ2v) is 5.58. The molecule has 0 saturated heterocycles. The molecule has 0 atom stereocenters. The summed E-state index contributed by atoms with van der Waals surface area (Å²) in [5, 5.41) is 7.46. The van der Waals surface area contributed by atoms with E-state index in [2.05, 4.69) is 32.9 Å². The summed E-state index contributed by atoms with van der Waals surface area (Å²) in [6.07, 6.45) is 0. The van der Waals surface area contributed by atoms with Crippen molar-refractivity contribution in [3.05, 3.63) is 64.7 Å². The van der Waals surface area contributed by atoms with Crippen molar-refractivity contribution < 1.29 is 4.74 Å². The first-order valence-corrected chi connectivity index (χ1v) is 7.14. The van der Waals surface area contributed by atoms with E-state index in [1.165, 1.54) is 11.1 Å². The van der Waals surface area contributed by atoms with E-state index in [0.29, 0.717) is 12.5 Å². The number of ether oxygens (including phenoxy) is 1. The zero-order valence-electron chi connectivity index (χ0n) is 12.8. The summed E-state index contributed by atoms with van der Waals surface area (Å²) in [4.78, 5) is 0. The molecule has 0 heterocycles. The number of amidine groups is 1. The van der Waals surface area contributed by atoms with E-state index >= 15 is 0 Å². The Morgan fingerprint density at radius 3 is 2.57 bits per heavy atom. The molecule has 3 N–H and O–H groups in total. The van der Waals surface area contributed by atoms with Crippen LogP contribution in [0.5, 0.6) is 5.75 Å². The number of rotatable bonds is 5. The Hall–Kier alpha value is -2.29. The topological polar surface area (TPSA) is 59.1 Å². The van der Waals surface area contributed by atoms with Crippen LogP contribution in [0.2, 0.25) is 0 Å². The quantitative estimate of drug-likeness (QED) is 0.643. The largest absolute Gasteiger partial charge is 0.489 e. The van der Waals surface area contributed by atoms with Gasteiger partial charge >= 0.3 is 0 Å². The van der Waals surface area contributed by atoms with Gasteiger partial charge in [0.25, 0.3) is 0 Å². The maximum absolute atomic E-state index is 7.46. The Morgan fingerprint density at radius 2 is 1.95 bits per heavy atom. The molecule has 110 valence electrons. The van der Waals surface area contributed by atoms with E-state index in [4.69, 9.17) is 15.9 Å². The van der Waals surface area contributed by atoms with Crippen molar-refractivity contribution in [1.82, 2.24) is 0 Å². The third kappa shape index (κ3) is 3.85. The lowest BCUT2D eigenvalue weighted by Gasteiger charge is -2.13. The molecule has 0 spiro atoms. The van der Waals surface area contributed by atoms with E-state index in [0.717, 1.165) is 16.9 Å². The van der Waals surface area contributed by atoms with E-state index in [9.17, 15) is 0 Å². The Bertz CT molecular complexity index is 647. The van der Waals surface area contributed by atoms with Crippen molar-refractivity contribution in [1.29, 1.82) is 5.41 Å². The number of hydrogen-bond acceptors (Lipinski definition) is 2. The van der Waals surface area contributed by atoms with Crippen LogP contribution in [0.1, 0.15) is 42.0 Å². The molecular weight excluding hydrogens is 260 g/mol. The van der Waals surface area contributed by atoms with E-state index < -0.39 is 0 Å². The minimum atomic E-state index is 0.0778. The average Bonchev–Trinajstić information content (AvgIpc) is 2.45. The normalized spacial score (nSPS) is 10.7. The molecule has 0 amide bonds. The van der Waals surface area contributed by atoms with Crippen LogP contribution in [-0.4, -0.2) is 5.84 Å². The van der Waals surface area contributed by atoms with Gasteiger partial charge in [0.05, 0.1) is 0 Å². The highest BCUT2D eigenvalue weighted by Gasteiger charge is 2.05. The molecule has 3 heteroatoms. The first kappa shape index (κ1) is 15.1. The maximum Gasteiger partial charge on any atom is 0.122 e. The molecule has 2 aromatic carbocycles. The number of nitrogen functional groups attached to an aromatic ring is 1. The molecule has 2 aromatic rings. The van der Waals surface area contributed by atoms with Crippen molar-refractivity contribution in [2.75, 3.05) is 0 Å². The fourth-order valence-corrected chi connectivity index (χ4v) is 2.38. The Morgan fingerprint density at radius 1 is 1.19 bits per heavy atom. The van der Waals surface area contributed by atoms with Gasteiger partial charge in [0.1, 0.15) is 18.2 Å². The highest BCUT2D eigenvalue weighted by molar-refractivity contribution is 5.95. The Balaban J connectivity index is 2.08. The standard InChI is InChI=1S/C18H22N2O/c1-12(2)17-8-7-16(9-13(17)3)21-11-14-5-4-6-15(10-14)18(19)20/h4-10,12H,11H2,1-3H3,(H3,19,20). The summed E-state index contributed by atoms with van der Waals surface area (Å²) in [5.74, 6) is 1.46. The third-order valence-corrected chi connectivity index (χ3v) is 3.51. The molecule has 3 nitrogen and oxygen atoms in total. The van der Waals surface area contributed by atoms with Crippen LogP contribution >= 0.6 is 0 Å². The molecule has 0 aromatic heterocycles. The molecule has 21 heavy (non-hydrogen) atoms. The van der Waals surface area contributed by atoms with Crippen LogP contribution in [-0.2, 0) is 6.61 Å². The average molecular weight is 282 g/mol. The predicted octanol–water partition coefficient (Wildman–Crippen LogP) is 3.98. The lowest BCUT2D eigenvalue weighted by atomic mass is 9.98. The monoisotopic (exact) mass is 282 g/mol. The zero-order valence-corrected chi connectivity index (χ0v) is 12.8. The van der Waals surface area contributed by atoms with Gasteiger partial charge in [-0.3, -0.25) is 5.41 Å². The van der Waals surface area contributed by atoms with Gasteiger partial charge in [-0.05, 0) is 47.7 Å². The molecule has 0 unspecified atom stereocenters. The zero-order chi connectivity index (χ0) is 15.4. The van der Waals surface area contributed by atoms with E-state index in [-0.39, 0.29) is 5.84 Å². The second-order valence-electron chi connectivity index (χ2n) is 5.58. The van der Waals surface area contributed by atoms with Gasteiger partial charge in [-0.25, -0.2) is 0 Å². The van der Waals surface area contributed by atoms with Crippen LogP contribution in [0.25, 0.3) is 0 Å². The van der Waals surface area contributed by atoms with Gasteiger partial charge in [0.15, 0.2) is 0 Å². The smallest absolute Gasteiger partial charge is 0.122 e. The minimum absolute atomic E-state index is 0.0778. The number of nitrogens with one attached hydrogen (secondary N) is 1. The molecule has 0 aliphatic rings. The molecule has 0 aliphatic heterocycles. The van der Waals surface area contributed by atoms with Crippen molar-refractivity contribution in [3.63, 3.8) is 0 Å². The van der Waals surface area contributed by atoms with Crippen LogP contribution in [0.15, 0.2) is 42.5 Å². The Kier molecular flexibility index (Phi) is 4.63. The first-order chi connectivity index (χ1) is 9.97. The fourth-order valence-electron chi connectivity index (χ4n) is 2.38. The van der Waals surface area contributed by atoms with Crippen molar-refractivity contribution in [2.45, 2.75) is 33.3 Å². The fraction of sp³-hybridized carbons (Fsp3) is 0.278. The van der Waals surface area contributed by atoms with Gasteiger partial charge in [0.2, 0.25) is 0 Å². The molecule has 0 saturated carbocycles. The van der Waals surface area contributed by atoms with E-state index in [1.54, 1.807) is 0 Å². The highest BCUT2D eigenvalue weighted by atomic mass is 16.5. The van der Waals surface area contributed by atoms with Crippen LogP contribution in [0.3, 0.4) is 0 Å². The third-order valence-electron chi connectivity index (χ3n) is 3.51. The summed E-state index contributed by atoms with van der Waals surface area (Å²) < 4.78 is 5.83. The van der Waals surface area contributed by atoms with Gasteiger partial charge in [-0.15, -0.1) is 0 Å². The predicted molar refractivity (Wildman–Crippen MR) is 87.1 cm³/mol. The molecule has 0 radical (unpaired) electrons. The number of hydrogen-bond donors (Lipinski definition) is 2. The highest BCUT2D eigenvalue weighted by Crippen LogP contribution is 2.24. The van der Waals surface area contributed by atoms with Gasteiger partial charge in [-0.1, -0.05) is 38.1 Å². The molecule has 0 aliphatic carbocycles. The number of aryl methyl sites for hydroxylation is 1. The summed E-state index contributed by atoms with van der Waals surface area (Å²) in [7, 11) is 0. The summed E-state index contributed by atoms with van der Waals surface area (Å²) in [5.41, 5.74) is 9.83. The van der Waals surface area contributed by atoms with Crippen molar-refractivity contribution in [3.8, 4) is 5.75 Å². The summed E-state index contributed by atoms with van der Waals surface area (Å²) in [6.45, 7) is 6.96. The van der Waals surface area contributed by atoms with E-state index in [1.807, 2.05) is 30.3 Å². The minimum Gasteiger partial charge on any atom is -0.489 e.